The van der Waals surface area contributed by atoms with E-state index in [1.165, 1.54) is 0 Å². The summed E-state index contributed by atoms with van der Waals surface area (Å²) in [4.78, 5) is 16.2. The molecule has 3 aromatic rings. The van der Waals surface area contributed by atoms with Gasteiger partial charge in [-0.05, 0) is 12.5 Å². The van der Waals surface area contributed by atoms with Crippen molar-refractivity contribution in [3.05, 3.63) is 18.0 Å². The predicted molar refractivity (Wildman–Crippen MR) is 59.9 cm³/mol. The van der Waals surface area contributed by atoms with Gasteiger partial charge in [0.1, 0.15) is 0 Å². The molecule has 0 spiro atoms. The summed E-state index contributed by atoms with van der Waals surface area (Å²) in [6, 6.07) is 0. The van der Waals surface area contributed by atoms with E-state index in [9.17, 15) is 0 Å². The lowest BCUT2D eigenvalue weighted by Gasteiger charge is -1.92. The standard InChI is InChI=1S/C9H8N8O/c1-4-2-11-5(12-3-4)6-13-8(18-17-6)7-14-9(10)16-15-7/h2-3H,1H3,(H3,10,14,15,16). The molecule has 9 nitrogen and oxygen atoms in total. The average molecular weight is 244 g/mol. The van der Waals surface area contributed by atoms with Crippen LogP contribution in [0.15, 0.2) is 16.9 Å². The van der Waals surface area contributed by atoms with E-state index in [1.807, 2.05) is 6.92 Å². The van der Waals surface area contributed by atoms with Crippen LogP contribution in [0.25, 0.3) is 23.4 Å². The topological polar surface area (TPSA) is 132 Å². The van der Waals surface area contributed by atoms with Crippen LogP contribution in [0.4, 0.5) is 5.95 Å². The Morgan fingerprint density at radius 2 is 1.94 bits per heavy atom. The number of nitrogens with zero attached hydrogens (tertiary/aromatic N) is 6. The molecule has 0 aliphatic heterocycles. The highest BCUT2D eigenvalue weighted by Crippen LogP contribution is 2.16. The fourth-order valence-corrected chi connectivity index (χ4v) is 1.29. The first-order chi connectivity index (χ1) is 8.72. The van der Waals surface area contributed by atoms with Crippen molar-refractivity contribution in [2.45, 2.75) is 6.92 Å². The lowest BCUT2D eigenvalue weighted by Crippen LogP contribution is -1.91. The van der Waals surface area contributed by atoms with E-state index < -0.39 is 0 Å². The summed E-state index contributed by atoms with van der Waals surface area (Å²) in [5, 5.41) is 10.0. The first kappa shape index (κ1) is 10.3. The minimum Gasteiger partial charge on any atom is -0.366 e. The van der Waals surface area contributed by atoms with Gasteiger partial charge >= 0.3 is 0 Å². The van der Waals surface area contributed by atoms with Gasteiger partial charge in [-0.1, -0.05) is 5.16 Å². The summed E-state index contributed by atoms with van der Waals surface area (Å²) < 4.78 is 5.02. The SMILES string of the molecule is Cc1cnc(-c2noc(-c3nc(N)n[nH]3)n2)nc1. The third-order valence-electron chi connectivity index (χ3n) is 2.11. The Labute approximate surface area is 100 Å². The summed E-state index contributed by atoms with van der Waals surface area (Å²) in [5.41, 5.74) is 6.33. The monoisotopic (exact) mass is 244 g/mol. The number of nitrogens with two attached hydrogens (primary N) is 1. The van der Waals surface area contributed by atoms with Gasteiger partial charge < -0.3 is 10.3 Å². The molecular formula is C9H8N8O. The number of aryl methyl sites for hydroxylation is 1. The summed E-state index contributed by atoms with van der Waals surface area (Å²) in [5.74, 6) is 1.25. The number of hydrogen-bond acceptors (Lipinski definition) is 8. The number of anilines is 1. The first-order valence-electron chi connectivity index (χ1n) is 5.03. The molecule has 90 valence electrons. The predicted octanol–water partition coefficient (Wildman–Crippen LogP) is 0.202. The van der Waals surface area contributed by atoms with Gasteiger partial charge in [0.05, 0.1) is 0 Å². The highest BCUT2D eigenvalue weighted by atomic mass is 16.5. The van der Waals surface area contributed by atoms with Crippen LogP contribution in [0.2, 0.25) is 0 Å². The molecule has 0 atom stereocenters. The van der Waals surface area contributed by atoms with Crippen molar-refractivity contribution < 1.29 is 4.52 Å². The van der Waals surface area contributed by atoms with E-state index in [0.717, 1.165) is 5.56 Å². The van der Waals surface area contributed by atoms with Crippen LogP contribution < -0.4 is 5.73 Å². The second-order valence-electron chi connectivity index (χ2n) is 3.55. The fraction of sp³-hybridized carbons (Fsp3) is 0.111. The molecule has 3 N–H and O–H groups in total. The quantitative estimate of drug-likeness (QED) is 0.653. The molecule has 0 unspecified atom stereocenters. The highest BCUT2D eigenvalue weighted by molar-refractivity contribution is 5.48. The maximum atomic E-state index is 5.38. The Bertz CT molecular complexity index is 670. The third kappa shape index (κ3) is 1.77. The van der Waals surface area contributed by atoms with Crippen LogP contribution in [-0.2, 0) is 0 Å². The Kier molecular flexibility index (Phi) is 2.22. The zero-order valence-electron chi connectivity index (χ0n) is 9.32. The van der Waals surface area contributed by atoms with Gasteiger partial charge in [0.25, 0.3) is 5.89 Å². The second-order valence-corrected chi connectivity index (χ2v) is 3.55. The van der Waals surface area contributed by atoms with Crippen LogP contribution >= 0.6 is 0 Å². The molecule has 0 radical (unpaired) electrons. The van der Waals surface area contributed by atoms with Gasteiger partial charge in [0.15, 0.2) is 0 Å². The van der Waals surface area contributed by atoms with Gasteiger partial charge in [0, 0.05) is 12.4 Å². The van der Waals surface area contributed by atoms with Gasteiger partial charge in [-0.2, -0.15) is 9.97 Å². The Balaban J connectivity index is 1.96. The average Bonchev–Trinajstić information content (AvgIpc) is 2.98. The molecule has 0 aromatic carbocycles. The smallest absolute Gasteiger partial charge is 0.295 e. The molecule has 0 amide bonds. The highest BCUT2D eigenvalue weighted by Gasteiger charge is 2.15. The first-order valence-corrected chi connectivity index (χ1v) is 5.03. The van der Waals surface area contributed by atoms with E-state index in [4.69, 9.17) is 10.3 Å². The molecule has 3 rings (SSSR count). The lowest BCUT2D eigenvalue weighted by atomic mass is 10.4. The normalized spacial score (nSPS) is 10.7. The molecule has 9 heteroatoms. The van der Waals surface area contributed by atoms with Gasteiger partial charge in [-0.3, -0.25) is 5.10 Å². The number of nitrogens with one attached hydrogen (secondary N) is 1. The Morgan fingerprint density at radius 3 is 2.61 bits per heavy atom. The van der Waals surface area contributed by atoms with Crippen LogP contribution in [-0.4, -0.2) is 35.3 Å². The van der Waals surface area contributed by atoms with Crippen molar-refractivity contribution in [2.24, 2.45) is 0 Å². The lowest BCUT2D eigenvalue weighted by molar-refractivity contribution is 0.429. The van der Waals surface area contributed by atoms with Gasteiger partial charge in [-0.15, -0.1) is 5.10 Å². The Hall–Kier alpha value is -2.84. The van der Waals surface area contributed by atoms with E-state index in [0.29, 0.717) is 11.6 Å². The van der Waals surface area contributed by atoms with E-state index in [2.05, 4.69) is 35.3 Å². The van der Waals surface area contributed by atoms with Crippen molar-refractivity contribution in [3.63, 3.8) is 0 Å². The van der Waals surface area contributed by atoms with Crippen molar-refractivity contribution in [2.75, 3.05) is 5.73 Å². The van der Waals surface area contributed by atoms with Crippen molar-refractivity contribution in [3.8, 4) is 23.4 Å². The molecule has 0 saturated carbocycles. The van der Waals surface area contributed by atoms with E-state index >= 15 is 0 Å². The number of nitrogen functional groups attached to an aromatic ring is 1. The summed E-state index contributed by atoms with van der Waals surface area (Å²) in [6.45, 7) is 1.89. The van der Waals surface area contributed by atoms with Crippen molar-refractivity contribution in [1.82, 2.24) is 35.3 Å². The van der Waals surface area contributed by atoms with Crippen LogP contribution in [0.3, 0.4) is 0 Å². The van der Waals surface area contributed by atoms with E-state index in [-0.39, 0.29) is 17.7 Å². The number of H-pyrrole nitrogens is 1. The largest absolute Gasteiger partial charge is 0.366 e. The summed E-state index contributed by atoms with van der Waals surface area (Å²) in [6.07, 6.45) is 3.34. The molecule has 0 aliphatic rings. The molecular weight excluding hydrogens is 236 g/mol. The maximum Gasteiger partial charge on any atom is 0.295 e. The van der Waals surface area contributed by atoms with Crippen LogP contribution in [0, 0.1) is 6.92 Å². The van der Waals surface area contributed by atoms with Crippen molar-refractivity contribution in [1.29, 1.82) is 0 Å². The van der Waals surface area contributed by atoms with Crippen molar-refractivity contribution >= 4 is 5.95 Å². The molecule has 0 saturated heterocycles. The minimum absolute atomic E-state index is 0.108. The molecule has 0 aliphatic carbocycles. The minimum atomic E-state index is 0.108. The fourth-order valence-electron chi connectivity index (χ4n) is 1.29. The summed E-state index contributed by atoms with van der Waals surface area (Å²) in [7, 11) is 0. The zero-order valence-corrected chi connectivity index (χ0v) is 9.32. The number of hydrogen-bond donors (Lipinski definition) is 2. The number of aromatic amines is 1. The van der Waals surface area contributed by atoms with E-state index in [1.54, 1.807) is 12.4 Å². The van der Waals surface area contributed by atoms with Gasteiger partial charge in [-0.25, -0.2) is 9.97 Å². The molecule has 3 heterocycles. The molecule has 3 aromatic heterocycles. The number of rotatable bonds is 2. The second kappa shape index (κ2) is 3.87. The molecule has 0 bridgehead atoms. The summed E-state index contributed by atoms with van der Waals surface area (Å²) >= 11 is 0. The van der Waals surface area contributed by atoms with Gasteiger partial charge in [0.2, 0.25) is 23.4 Å². The molecule has 18 heavy (non-hydrogen) atoms. The van der Waals surface area contributed by atoms with Crippen LogP contribution in [0.5, 0.6) is 0 Å². The maximum absolute atomic E-state index is 5.38. The van der Waals surface area contributed by atoms with Crippen LogP contribution in [0.1, 0.15) is 5.56 Å². The molecule has 0 fully saturated rings. The Morgan fingerprint density at radius 1 is 1.17 bits per heavy atom. The third-order valence-corrected chi connectivity index (χ3v) is 2.11. The zero-order chi connectivity index (χ0) is 12.5. The number of aromatic nitrogens is 7.